The van der Waals surface area contributed by atoms with Gasteiger partial charge < -0.3 is 10.4 Å². The van der Waals surface area contributed by atoms with E-state index in [4.69, 9.17) is 5.11 Å². The van der Waals surface area contributed by atoms with Crippen LogP contribution in [-0.2, 0) is 13.2 Å². The van der Waals surface area contributed by atoms with Crippen molar-refractivity contribution in [3.05, 3.63) is 53.7 Å². The lowest BCUT2D eigenvalue weighted by molar-refractivity contribution is 0.271. The third-order valence-corrected chi connectivity index (χ3v) is 2.23. The van der Waals surface area contributed by atoms with Gasteiger partial charge >= 0.3 is 0 Å². The SMILES string of the molecule is OCc1nccc(NCc2ccc(F)cc2)n1. The third kappa shape index (κ3) is 3.22. The van der Waals surface area contributed by atoms with Gasteiger partial charge in [-0.05, 0) is 23.8 Å². The first-order chi connectivity index (χ1) is 8.28. The average Bonchev–Trinajstić information content (AvgIpc) is 2.38. The summed E-state index contributed by atoms with van der Waals surface area (Å²) in [4.78, 5) is 7.95. The molecule has 0 atom stereocenters. The molecule has 88 valence electrons. The summed E-state index contributed by atoms with van der Waals surface area (Å²) < 4.78 is 12.7. The van der Waals surface area contributed by atoms with E-state index in [0.29, 0.717) is 18.2 Å². The predicted octanol–water partition coefficient (Wildman–Crippen LogP) is 1.72. The van der Waals surface area contributed by atoms with Crippen LogP contribution in [-0.4, -0.2) is 15.1 Å². The number of nitrogens with zero attached hydrogens (tertiary/aromatic N) is 2. The van der Waals surface area contributed by atoms with Gasteiger partial charge in [0.25, 0.3) is 0 Å². The lowest BCUT2D eigenvalue weighted by Gasteiger charge is -2.06. The normalized spacial score (nSPS) is 10.2. The molecule has 0 saturated carbocycles. The number of hydrogen-bond donors (Lipinski definition) is 2. The second-order valence-corrected chi connectivity index (χ2v) is 3.50. The number of benzene rings is 1. The molecule has 1 aromatic heterocycles. The van der Waals surface area contributed by atoms with Crippen molar-refractivity contribution in [2.75, 3.05) is 5.32 Å². The zero-order valence-electron chi connectivity index (χ0n) is 9.10. The minimum atomic E-state index is -0.252. The Hall–Kier alpha value is -2.01. The molecule has 0 saturated heterocycles. The Morgan fingerprint density at radius 3 is 2.65 bits per heavy atom. The van der Waals surface area contributed by atoms with Crippen molar-refractivity contribution in [3.63, 3.8) is 0 Å². The Labute approximate surface area is 98.2 Å². The van der Waals surface area contributed by atoms with Crippen LogP contribution in [0.5, 0.6) is 0 Å². The number of anilines is 1. The van der Waals surface area contributed by atoms with Crippen LogP contribution in [0.1, 0.15) is 11.4 Å². The summed E-state index contributed by atoms with van der Waals surface area (Å²) in [5.74, 6) is 0.751. The van der Waals surface area contributed by atoms with Crippen molar-refractivity contribution in [3.8, 4) is 0 Å². The molecule has 0 unspecified atom stereocenters. The van der Waals surface area contributed by atoms with Crippen LogP contribution >= 0.6 is 0 Å². The molecule has 0 aliphatic heterocycles. The van der Waals surface area contributed by atoms with Crippen LogP contribution in [0.2, 0.25) is 0 Å². The molecule has 1 heterocycles. The Balaban J connectivity index is 1.99. The zero-order valence-corrected chi connectivity index (χ0v) is 9.10. The number of hydrogen-bond acceptors (Lipinski definition) is 4. The van der Waals surface area contributed by atoms with Crippen LogP contribution in [0.4, 0.5) is 10.2 Å². The highest BCUT2D eigenvalue weighted by atomic mass is 19.1. The highest BCUT2D eigenvalue weighted by molar-refractivity contribution is 5.34. The summed E-state index contributed by atoms with van der Waals surface area (Å²) in [6, 6.07) is 7.95. The molecule has 2 aromatic rings. The van der Waals surface area contributed by atoms with Gasteiger partial charge in [-0.1, -0.05) is 12.1 Å². The molecular formula is C12H12FN3O. The van der Waals surface area contributed by atoms with Crippen LogP contribution in [0.3, 0.4) is 0 Å². The van der Waals surface area contributed by atoms with E-state index in [1.165, 1.54) is 12.1 Å². The van der Waals surface area contributed by atoms with Crippen molar-refractivity contribution >= 4 is 5.82 Å². The minimum absolute atomic E-state index is 0.188. The van der Waals surface area contributed by atoms with Gasteiger partial charge in [-0.3, -0.25) is 0 Å². The maximum absolute atomic E-state index is 12.7. The number of aliphatic hydroxyl groups is 1. The Morgan fingerprint density at radius 2 is 1.94 bits per heavy atom. The first kappa shape index (κ1) is 11.5. The second-order valence-electron chi connectivity index (χ2n) is 3.50. The van der Waals surface area contributed by atoms with E-state index in [-0.39, 0.29) is 12.4 Å². The molecular weight excluding hydrogens is 221 g/mol. The smallest absolute Gasteiger partial charge is 0.156 e. The summed E-state index contributed by atoms with van der Waals surface area (Å²) in [5, 5.41) is 12.0. The number of rotatable bonds is 4. The highest BCUT2D eigenvalue weighted by Crippen LogP contribution is 2.07. The summed E-state index contributed by atoms with van der Waals surface area (Å²) in [6.45, 7) is 0.355. The van der Waals surface area contributed by atoms with Crippen molar-refractivity contribution in [2.24, 2.45) is 0 Å². The van der Waals surface area contributed by atoms with Gasteiger partial charge in [0.1, 0.15) is 18.2 Å². The second kappa shape index (κ2) is 5.36. The standard InChI is InChI=1S/C12H12FN3O/c13-10-3-1-9(2-4-10)7-15-11-5-6-14-12(8-17)16-11/h1-6,17H,7-8H2,(H,14,15,16). The van der Waals surface area contributed by atoms with Gasteiger partial charge in [0, 0.05) is 12.7 Å². The van der Waals surface area contributed by atoms with Crippen LogP contribution in [0.15, 0.2) is 36.5 Å². The predicted molar refractivity (Wildman–Crippen MR) is 61.7 cm³/mol. The molecule has 2 N–H and O–H groups in total. The molecule has 0 fully saturated rings. The van der Waals surface area contributed by atoms with Gasteiger partial charge in [0.15, 0.2) is 5.82 Å². The fourth-order valence-electron chi connectivity index (χ4n) is 1.37. The molecule has 0 bridgehead atoms. The Kier molecular flexibility index (Phi) is 3.62. The van der Waals surface area contributed by atoms with Gasteiger partial charge in [-0.2, -0.15) is 0 Å². The molecule has 2 rings (SSSR count). The lowest BCUT2D eigenvalue weighted by Crippen LogP contribution is -2.04. The first-order valence-electron chi connectivity index (χ1n) is 5.19. The summed E-state index contributed by atoms with van der Waals surface area (Å²) in [7, 11) is 0. The van der Waals surface area contributed by atoms with E-state index >= 15 is 0 Å². The van der Waals surface area contributed by atoms with Gasteiger partial charge in [-0.25, -0.2) is 14.4 Å². The van der Waals surface area contributed by atoms with E-state index in [1.807, 2.05) is 0 Å². The summed E-state index contributed by atoms with van der Waals surface area (Å²) in [5.41, 5.74) is 0.954. The average molecular weight is 233 g/mol. The van der Waals surface area contributed by atoms with Crippen molar-refractivity contribution in [2.45, 2.75) is 13.2 Å². The Bertz CT molecular complexity index is 487. The van der Waals surface area contributed by atoms with Gasteiger partial charge in [0.2, 0.25) is 0 Å². The molecule has 0 amide bonds. The molecule has 4 nitrogen and oxygen atoms in total. The van der Waals surface area contributed by atoms with E-state index in [0.717, 1.165) is 5.56 Å². The molecule has 0 spiro atoms. The van der Waals surface area contributed by atoms with Crippen molar-refractivity contribution < 1.29 is 9.50 Å². The molecule has 0 aliphatic rings. The Morgan fingerprint density at radius 1 is 1.18 bits per heavy atom. The molecule has 5 heteroatoms. The third-order valence-electron chi connectivity index (χ3n) is 2.23. The molecule has 1 aromatic carbocycles. The van der Waals surface area contributed by atoms with E-state index < -0.39 is 0 Å². The van der Waals surface area contributed by atoms with Crippen LogP contribution < -0.4 is 5.32 Å². The summed E-state index contributed by atoms with van der Waals surface area (Å²) in [6.07, 6.45) is 1.57. The zero-order chi connectivity index (χ0) is 12.1. The quantitative estimate of drug-likeness (QED) is 0.844. The van der Waals surface area contributed by atoms with Crippen molar-refractivity contribution in [1.29, 1.82) is 0 Å². The highest BCUT2D eigenvalue weighted by Gasteiger charge is 1.98. The maximum Gasteiger partial charge on any atom is 0.156 e. The summed E-state index contributed by atoms with van der Waals surface area (Å²) >= 11 is 0. The minimum Gasteiger partial charge on any atom is -0.388 e. The lowest BCUT2D eigenvalue weighted by atomic mass is 10.2. The number of nitrogens with one attached hydrogen (secondary N) is 1. The van der Waals surface area contributed by atoms with Gasteiger partial charge in [0.05, 0.1) is 0 Å². The van der Waals surface area contributed by atoms with E-state index in [9.17, 15) is 4.39 Å². The largest absolute Gasteiger partial charge is 0.388 e. The van der Waals surface area contributed by atoms with E-state index in [2.05, 4.69) is 15.3 Å². The topological polar surface area (TPSA) is 58.0 Å². The number of aliphatic hydroxyl groups excluding tert-OH is 1. The fraction of sp³-hybridized carbons (Fsp3) is 0.167. The number of aromatic nitrogens is 2. The van der Waals surface area contributed by atoms with Crippen LogP contribution in [0.25, 0.3) is 0 Å². The van der Waals surface area contributed by atoms with Crippen molar-refractivity contribution in [1.82, 2.24) is 9.97 Å². The molecule has 0 radical (unpaired) electrons. The van der Waals surface area contributed by atoms with Gasteiger partial charge in [-0.15, -0.1) is 0 Å². The molecule has 17 heavy (non-hydrogen) atoms. The fourth-order valence-corrected chi connectivity index (χ4v) is 1.37. The van der Waals surface area contributed by atoms with E-state index in [1.54, 1.807) is 24.4 Å². The number of halogens is 1. The maximum atomic E-state index is 12.7. The first-order valence-corrected chi connectivity index (χ1v) is 5.19. The van der Waals surface area contributed by atoms with Crippen LogP contribution in [0, 0.1) is 5.82 Å². The monoisotopic (exact) mass is 233 g/mol. The molecule has 0 aliphatic carbocycles.